The van der Waals surface area contributed by atoms with Crippen LogP contribution in [0.3, 0.4) is 0 Å². The second kappa shape index (κ2) is 6.48. The first-order valence-corrected chi connectivity index (χ1v) is 6.86. The van der Waals surface area contributed by atoms with E-state index in [1.54, 1.807) is 0 Å². The monoisotopic (exact) mass is 258 g/mol. The van der Waals surface area contributed by atoms with Gasteiger partial charge in [-0.1, -0.05) is 13.0 Å². The molecular formula is C15H22N4. The lowest BCUT2D eigenvalue weighted by Gasteiger charge is -2.14. The van der Waals surface area contributed by atoms with Crippen molar-refractivity contribution in [2.24, 2.45) is 0 Å². The van der Waals surface area contributed by atoms with Gasteiger partial charge in [-0.05, 0) is 38.1 Å². The van der Waals surface area contributed by atoms with Gasteiger partial charge in [0.2, 0.25) is 0 Å². The van der Waals surface area contributed by atoms with Crippen molar-refractivity contribution < 1.29 is 0 Å². The summed E-state index contributed by atoms with van der Waals surface area (Å²) >= 11 is 0. The maximum Gasteiger partial charge on any atom is 0.0764 e. The molecule has 0 fully saturated rings. The van der Waals surface area contributed by atoms with Crippen molar-refractivity contribution in [1.82, 2.24) is 19.7 Å². The second-order valence-electron chi connectivity index (χ2n) is 4.85. The largest absolute Gasteiger partial charge is 0.295 e. The average molecular weight is 258 g/mol. The summed E-state index contributed by atoms with van der Waals surface area (Å²) in [6.07, 6.45) is 5.03. The molecule has 0 aromatic carbocycles. The summed E-state index contributed by atoms with van der Waals surface area (Å²) < 4.78 is 1.96. The van der Waals surface area contributed by atoms with Crippen LogP contribution in [0.2, 0.25) is 0 Å². The molecule has 0 aliphatic rings. The number of hydrogen-bond donors (Lipinski definition) is 0. The van der Waals surface area contributed by atoms with Crippen molar-refractivity contribution in [3.63, 3.8) is 0 Å². The summed E-state index contributed by atoms with van der Waals surface area (Å²) in [5.74, 6) is 0. The highest BCUT2D eigenvalue weighted by atomic mass is 15.3. The number of rotatable bonds is 6. The average Bonchev–Trinajstić information content (AvgIpc) is 2.87. The number of pyridine rings is 1. The van der Waals surface area contributed by atoms with Gasteiger partial charge in [0.15, 0.2) is 0 Å². The normalized spacial score (nSPS) is 11.2. The predicted molar refractivity (Wildman–Crippen MR) is 76.7 cm³/mol. The summed E-state index contributed by atoms with van der Waals surface area (Å²) in [6, 6.07) is 6.34. The Morgan fingerprint density at radius 2 is 1.89 bits per heavy atom. The van der Waals surface area contributed by atoms with Gasteiger partial charge in [-0.15, -0.1) is 0 Å². The minimum absolute atomic E-state index is 0.850. The van der Waals surface area contributed by atoms with E-state index in [2.05, 4.69) is 54.1 Å². The van der Waals surface area contributed by atoms with Crippen LogP contribution in [-0.4, -0.2) is 26.7 Å². The van der Waals surface area contributed by atoms with E-state index in [1.807, 2.05) is 17.1 Å². The van der Waals surface area contributed by atoms with Crippen molar-refractivity contribution in [1.29, 1.82) is 0 Å². The van der Waals surface area contributed by atoms with E-state index in [4.69, 9.17) is 0 Å². The first-order valence-electron chi connectivity index (χ1n) is 6.86. The van der Waals surface area contributed by atoms with Gasteiger partial charge >= 0.3 is 0 Å². The summed E-state index contributed by atoms with van der Waals surface area (Å²) in [4.78, 5) is 6.72. The lowest BCUT2D eigenvalue weighted by Crippen LogP contribution is -2.18. The molecular weight excluding hydrogens is 236 g/mol. The topological polar surface area (TPSA) is 34.0 Å². The van der Waals surface area contributed by atoms with Gasteiger partial charge < -0.3 is 0 Å². The molecule has 2 aromatic rings. The number of aromatic nitrogens is 3. The van der Waals surface area contributed by atoms with Crippen molar-refractivity contribution in [2.45, 2.75) is 39.9 Å². The highest BCUT2D eigenvalue weighted by molar-refractivity contribution is 5.13. The molecule has 2 aromatic heterocycles. The highest BCUT2D eigenvalue weighted by Crippen LogP contribution is 2.06. The molecule has 0 aliphatic carbocycles. The van der Waals surface area contributed by atoms with Crippen LogP contribution >= 0.6 is 0 Å². The van der Waals surface area contributed by atoms with Gasteiger partial charge in [0.25, 0.3) is 0 Å². The minimum Gasteiger partial charge on any atom is -0.295 e. The second-order valence-corrected chi connectivity index (χ2v) is 4.85. The van der Waals surface area contributed by atoms with E-state index in [0.29, 0.717) is 0 Å². The molecule has 0 saturated carbocycles. The van der Waals surface area contributed by atoms with Crippen LogP contribution < -0.4 is 0 Å². The molecule has 0 aliphatic heterocycles. The summed E-state index contributed by atoms with van der Waals surface area (Å²) in [5.41, 5.74) is 3.50. The molecule has 0 atom stereocenters. The van der Waals surface area contributed by atoms with Crippen LogP contribution in [0.4, 0.5) is 0 Å². The molecule has 4 heteroatoms. The molecule has 0 spiro atoms. The third-order valence-corrected chi connectivity index (χ3v) is 3.18. The van der Waals surface area contributed by atoms with Crippen LogP contribution in [0.5, 0.6) is 0 Å². The van der Waals surface area contributed by atoms with E-state index in [1.165, 1.54) is 5.56 Å². The van der Waals surface area contributed by atoms with Crippen molar-refractivity contribution >= 4 is 0 Å². The van der Waals surface area contributed by atoms with Crippen molar-refractivity contribution in [2.75, 3.05) is 7.05 Å². The van der Waals surface area contributed by atoms with Crippen molar-refractivity contribution in [3.8, 4) is 0 Å². The number of aryl methyl sites for hydroxylation is 2. The molecule has 0 amide bonds. The van der Waals surface area contributed by atoms with Crippen LogP contribution in [-0.2, 0) is 26.1 Å². The van der Waals surface area contributed by atoms with Gasteiger partial charge in [0.05, 0.1) is 11.4 Å². The summed E-state index contributed by atoms with van der Waals surface area (Å²) in [6.45, 7) is 6.86. The van der Waals surface area contributed by atoms with Gasteiger partial charge in [-0.2, -0.15) is 5.10 Å². The highest BCUT2D eigenvalue weighted by Gasteiger charge is 2.05. The van der Waals surface area contributed by atoms with E-state index in [9.17, 15) is 0 Å². The lowest BCUT2D eigenvalue weighted by atomic mass is 10.2. The molecule has 2 heterocycles. The zero-order valence-electron chi connectivity index (χ0n) is 12.0. The summed E-state index contributed by atoms with van der Waals surface area (Å²) in [5, 5.41) is 4.49. The quantitative estimate of drug-likeness (QED) is 0.798. The molecule has 0 N–H and O–H groups in total. The first kappa shape index (κ1) is 13.7. The van der Waals surface area contributed by atoms with E-state index in [-0.39, 0.29) is 0 Å². The molecule has 0 radical (unpaired) electrons. The Kier molecular flexibility index (Phi) is 4.68. The fraction of sp³-hybridized carbons (Fsp3) is 0.467. The van der Waals surface area contributed by atoms with E-state index < -0.39 is 0 Å². The Balaban J connectivity index is 1.90. The van der Waals surface area contributed by atoms with Crippen LogP contribution in [0.25, 0.3) is 0 Å². The smallest absolute Gasteiger partial charge is 0.0764 e. The third kappa shape index (κ3) is 3.89. The Morgan fingerprint density at radius 3 is 2.47 bits per heavy atom. The first-order chi connectivity index (χ1) is 9.21. The maximum atomic E-state index is 4.49. The predicted octanol–water partition coefficient (Wildman–Crippen LogP) is 2.49. The molecule has 19 heavy (non-hydrogen) atoms. The molecule has 2 rings (SSSR count). The molecule has 0 saturated heterocycles. The zero-order chi connectivity index (χ0) is 13.7. The molecule has 0 bridgehead atoms. The van der Waals surface area contributed by atoms with Crippen LogP contribution in [0.1, 0.15) is 30.8 Å². The molecule has 4 nitrogen and oxygen atoms in total. The molecule has 102 valence electrons. The number of nitrogens with zero attached hydrogens (tertiary/aromatic N) is 4. The van der Waals surface area contributed by atoms with Crippen LogP contribution in [0.15, 0.2) is 30.6 Å². The Morgan fingerprint density at radius 1 is 1.11 bits per heavy atom. The summed E-state index contributed by atoms with van der Waals surface area (Å²) in [7, 11) is 2.10. The minimum atomic E-state index is 0.850. The van der Waals surface area contributed by atoms with Gasteiger partial charge in [0, 0.05) is 32.0 Å². The number of hydrogen-bond acceptors (Lipinski definition) is 3. The maximum absolute atomic E-state index is 4.49. The Bertz CT molecular complexity index is 501. The SMILES string of the molecule is CCc1ccc(CN(C)Cc2ccn(CC)n2)nc1. The standard InChI is InChI=1S/C15H22N4/c1-4-13-6-7-14(16-10-13)11-18(3)12-15-8-9-19(5-2)17-15/h6-10H,4-5,11-12H2,1-3H3. The Labute approximate surface area is 115 Å². The van der Waals surface area contributed by atoms with E-state index >= 15 is 0 Å². The van der Waals surface area contributed by atoms with Gasteiger partial charge in [-0.25, -0.2) is 0 Å². The zero-order valence-corrected chi connectivity index (χ0v) is 12.0. The van der Waals surface area contributed by atoms with Gasteiger partial charge in [-0.3, -0.25) is 14.6 Å². The third-order valence-electron chi connectivity index (χ3n) is 3.18. The fourth-order valence-corrected chi connectivity index (χ4v) is 2.03. The fourth-order valence-electron chi connectivity index (χ4n) is 2.03. The van der Waals surface area contributed by atoms with Crippen molar-refractivity contribution in [3.05, 3.63) is 47.5 Å². The lowest BCUT2D eigenvalue weighted by molar-refractivity contribution is 0.309. The van der Waals surface area contributed by atoms with E-state index in [0.717, 1.165) is 37.4 Å². The van der Waals surface area contributed by atoms with Gasteiger partial charge in [0.1, 0.15) is 0 Å². The van der Waals surface area contributed by atoms with Crippen LogP contribution in [0, 0.1) is 0 Å². The molecule has 0 unspecified atom stereocenters. The Hall–Kier alpha value is -1.68.